The van der Waals surface area contributed by atoms with Crippen molar-refractivity contribution in [2.75, 3.05) is 4.90 Å². The lowest BCUT2D eigenvalue weighted by Crippen LogP contribution is -2.49. The van der Waals surface area contributed by atoms with Gasteiger partial charge in [0.1, 0.15) is 23.4 Å². The third kappa shape index (κ3) is 6.78. The third-order valence-electron chi connectivity index (χ3n) is 4.77. The summed E-state index contributed by atoms with van der Waals surface area (Å²) in [6, 6.07) is 8.24. The molecule has 0 fully saturated rings. The number of rotatable bonds is 2. The maximum Gasteiger partial charge on any atom is 0.421 e. The molecule has 2 aromatic rings. The Balaban J connectivity index is 2.00. The Morgan fingerprint density at radius 2 is 1.68 bits per heavy atom. The van der Waals surface area contributed by atoms with Gasteiger partial charge in [-0.1, -0.05) is 6.07 Å². The Kier molecular flexibility index (Phi) is 7.66. The highest BCUT2D eigenvalue weighted by Crippen LogP contribution is 2.35. The summed E-state index contributed by atoms with van der Waals surface area (Å²) in [6.07, 6.45) is -1.95. The average Bonchev–Trinajstić information content (AvgIpc) is 2.74. The second kappa shape index (κ2) is 10.4. The second-order valence-corrected chi connectivity index (χ2v) is 10.2. The molecule has 2 amide bonds. The van der Waals surface area contributed by atoms with Gasteiger partial charge in [-0.2, -0.15) is 0 Å². The molecular weight excluding hydrogens is 498 g/mol. The zero-order valence-electron chi connectivity index (χ0n) is 21.8. The molecule has 3 N–H and O–H groups in total. The van der Waals surface area contributed by atoms with E-state index in [1.54, 1.807) is 41.5 Å². The smallest absolute Gasteiger partial charge is 0.421 e. The first kappa shape index (κ1) is 28.0. The molecule has 0 saturated carbocycles. The quantitative estimate of drug-likeness (QED) is 0.217. The summed E-state index contributed by atoms with van der Waals surface area (Å²) < 4.78 is 21.7. The van der Waals surface area contributed by atoms with Crippen LogP contribution in [0.2, 0.25) is 0 Å². The van der Waals surface area contributed by atoms with Gasteiger partial charge in [-0.3, -0.25) is 10.7 Å². The number of esters is 1. The lowest BCUT2D eigenvalue weighted by molar-refractivity contribution is 0.0557. The number of hydrogen-bond donors (Lipinski definition) is 3. The van der Waals surface area contributed by atoms with Crippen LogP contribution in [0.4, 0.5) is 15.3 Å². The number of carbonyl (C=O) groups excluding carboxylic acids is 3. The standard InChI is InChI=1S/C26H29N3O9/c1-25(2,3)37-23(33)28-22(27)29(24(34)38-26(4,5)6)15-10-11-16-14(12-15)13-35-19-17(20(30)31)8-7-9-18(19)36-21(16)32/h7-12H,13H2,1-6H3,(H,30,31)(H2,27,28,33). The van der Waals surface area contributed by atoms with Gasteiger partial charge < -0.3 is 24.1 Å². The molecule has 1 aliphatic heterocycles. The lowest BCUT2D eigenvalue weighted by atomic mass is 10.1. The minimum atomic E-state index is -1.27. The first-order valence-corrected chi connectivity index (χ1v) is 11.5. The molecule has 202 valence electrons. The van der Waals surface area contributed by atoms with Crippen LogP contribution in [0.5, 0.6) is 11.5 Å². The van der Waals surface area contributed by atoms with E-state index in [0.29, 0.717) is 0 Å². The first-order valence-electron chi connectivity index (χ1n) is 11.5. The molecule has 0 unspecified atom stereocenters. The highest BCUT2D eigenvalue weighted by Gasteiger charge is 2.31. The number of amides is 2. The monoisotopic (exact) mass is 527 g/mol. The molecule has 0 bridgehead atoms. The van der Waals surface area contributed by atoms with Crippen LogP contribution in [0.3, 0.4) is 0 Å². The van der Waals surface area contributed by atoms with Gasteiger partial charge in [-0.05, 0) is 71.9 Å². The molecule has 1 aliphatic rings. The number of carbonyl (C=O) groups is 4. The normalized spacial score (nSPS) is 12.8. The third-order valence-corrected chi connectivity index (χ3v) is 4.77. The van der Waals surface area contributed by atoms with E-state index in [4.69, 9.17) is 24.4 Å². The Morgan fingerprint density at radius 1 is 1.03 bits per heavy atom. The van der Waals surface area contributed by atoms with E-state index < -0.39 is 41.3 Å². The van der Waals surface area contributed by atoms with Gasteiger partial charge in [0.25, 0.3) is 0 Å². The van der Waals surface area contributed by atoms with Crippen LogP contribution < -0.4 is 19.7 Å². The number of benzene rings is 2. The number of carboxylic acid groups (broad SMARTS) is 1. The van der Waals surface area contributed by atoms with Crippen LogP contribution in [-0.4, -0.2) is 46.4 Å². The number of nitrogens with one attached hydrogen (secondary N) is 2. The van der Waals surface area contributed by atoms with E-state index in [9.17, 15) is 24.3 Å². The predicted octanol–water partition coefficient (Wildman–Crippen LogP) is 4.70. The fourth-order valence-corrected chi connectivity index (χ4v) is 3.35. The Morgan fingerprint density at radius 3 is 2.29 bits per heavy atom. The van der Waals surface area contributed by atoms with E-state index in [1.165, 1.54) is 36.4 Å². The van der Waals surface area contributed by atoms with Crippen LogP contribution in [0, 0.1) is 5.41 Å². The van der Waals surface area contributed by atoms with Crippen molar-refractivity contribution in [1.82, 2.24) is 5.32 Å². The van der Waals surface area contributed by atoms with Gasteiger partial charge in [-0.15, -0.1) is 0 Å². The van der Waals surface area contributed by atoms with Crippen molar-refractivity contribution in [2.45, 2.75) is 59.4 Å². The molecule has 0 spiro atoms. The number of alkyl carbamates (subject to hydrolysis) is 1. The fraction of sp³-hybridized carbons (Fsp3) is 0.346. The first-order chi connectivity index (χ1) is 17.6. The summed E-state index contributed by atoms with van der Waals surface area (Å²) in [5, 5.41) is 20.1. The molecular formula is C26H29N3O9. The van der Waals surface area contributed by atoms with Crippen molar-refractivity contribution in [3.8, 4) is 11.5 Å². The number of anilines is 1. The van der Waals surface area contributed by atoms with Crippen molar-refractivity contribution < 1.29 is 43.2 Å². The molecule has 0 saturated heterocycles. The maximum absolute atomic E-state index is 13.1. The highest BCUT2D eigenvalue weighted by atomic mass is 16.6. The molecule has 3 rings (SSSR count). The second-order valence-electron chi connectivity index (χ2n) is 10.2. The largest absolute Gasteiger partial charge is 0.484 e. The summed E-state index contributed by atoms with van der Waals surface area (Å²) in [6.45, 7) is 9.57. The fourth-order valence-electron chi connectivity index (χ4n) is 3.35. The van der Waals surface area contributed by atoms with E-state index >= 15 is 0 Å². The summed E-state index contributed by atoms with van der Waals surface area (Å²) in [5.41, 5.74) is -1.61. The molecule has 38 heavy (non-hydrogen) atoms. The zero-order chi connectivity index (χ0) is 28.4. The molecule has 12 nitrogen and oxygen atoms in total. The van der Waals surface area contributed by atoms with Crippen molar-refractivity contribution in [3.63, 3.8) is 0 Å². The lowest BCUT2D eigenvalue weighted by Gasteiger charge is -2.29. The van der Waals surface area contributed by atoms with E-state index in [1.807, 2.05) is 0 Å². The molecule has 2 aromatic carbocycles. The average molecular weight is 528 g/mol. The van der Waals surface area contributed by atoms with Gasteiger partial charge >= 0.3 is 24.1 Å². The summed E-state index contributed by atoms with van der Waals surface area (Å²) in [4.78, 5) is 50.7. The molecule has 0 atom stereocenters. The van der Waals surface area contributed by atoms with Gasteiger partial charge in [0.2, 0.25) is 5.96 Å². The van der Waals surface area contributed by atoms with Gasteiger partial charge in [0.15, 0.2) is 11.5 Å². The summed E-state index contributed by atoms with van der Waals surface area (Å²) in [5.74, 6) is -2.90. The molecule has 0 radical (unpaired) electrons. The number of carboxylic acids is 1. The maximum atomic E-state index is 13.1. The minimum absolute atomic E-state index is 0.0525. The Bertz CT molecular complexity index is 1310. The highest BCUT2D eigenvalue weighted by molar-refractivity contribution is 6.16. The number of aromatic carboxylic acids is 1. The Labute approximate surface area is 218 Å². The van der Waals surface area contributed by atoms with E-state index in [2.05, 4.69) is 5.32 Å². The van der Waals surface area contributed by atoms with Gasteiger partial charge in [0, 0.05) is 5.56 Å². The summed E-state index contributed by atoms with van der Waals surface area (Å²) >= 11 is 0. The van der Waals surface area contributed by atoms with Crippen LogP contribution in [0.25, 0.3) is 0 Å². The number of nitrogens with zero attached hydrogens (tertiary/aromatic N) is 1. The molecule has 0 aliphatic carbocycles. The van der Waals surface area contributed by atoms with Crippen molar-refractivity contribution in [3.05, 3.63) is 53.1 Å². The summed E-state index contributed by atoms with van der Waals surface area (Å²) in [7, 11) is 0. The topological polar surface area (TPSA) is 165 Å². The van der Waals surface area contributed by atoms with Crippen molar-refractivity contribution in [2.24, 2.45) is 0 Å². The zero-order valence-corrected chi connectivity index (χ0v) is 21.8. The van der Waals surface area contributed by atoms with Crippen LogP contribution in [0.15, 0.2) is 36.4 Å². The van der Waals surface area contributed by atoms with Crippen LogP contribution in [-0.2, 0) is 16.1 Å². The molecule has 12 heteroatoms. The van der Waals surface area contributed by atoms with Crippen molar-refractivity contribution in [1.29, 1.82) is 5.41 Å². The minimum Gasteiger partial charge on any atom is -0.484 e. The Hall–Kier alpha value is -4.61. The predicted molar refractivity (Wildman–Crippen MR) is 135 cm³/mol. The number of para-hydroxylation sites is 1. The van der Waals surface area contributed by atoms with Crippen molar-refractivity contribution >= 4 is 35.8 Å². The number of guanidine groups is 1. The van der Waals surface area contributed by atoms with Crippen LogP contribution >= 0.6 is 0 Å². The number of fused-ring (bicyclic) bond motifs is 2. The van der Waals surface area contributed by atoms with E-state index in [0.717, 1.165) is 4.90 Å². The number of hydrogen-bond acceptors (Lipinski definition) is 9. The molecule has 0 aromatic heterocycles. The van der Waals surface area contributed by atoms with Crippen LogP contribution in [0.1, 0.15) is 67.8 Å². The van der Waals surface area contributed by atoms with E-state index in [-0.39, 0.29) is 40.5 Å². The number of ether oxygens (including phenoxy) is 4. The van der Waals surface area contributed by atoms with Gasteiger partial charge in [-0.25, -0.2) is 24.1 Å². The SMILES string of the molecule is CC(C)(C)OC(=O)NC(=N)N(C(=O)OC(C)(C)C)c1ccc2c(c1)COc1c(cccc1C(=O)O)OC2=O. The van der Waals surface area contributed by atoms with Gasteiger partial charge in [0.05, 0.1) is 11.3 Å². The molecule has 1 heterocycles.